The minimum absolute atomic E-state index is 0.226. The fourth-order valence-electron chi connectivity index (χ4n) is 4.35. The Morgan fingerprint density at radius 2 is 0.812 bits per heavy atom. The minimum atomic E-state index is -0.498. The third kappa shape index (κ3) is 3.82. The first-order valence-corrected chi connectivity index (χ1v) is 10.7. The van der Waals surface area contributed by atoms with E-state index in [9.17, 15) is 15.3 Å². The van der Waals surface area contributed by atoms with Gasteiger partial charge in [0.1, 0.15) is 17.2 Å². The van der Waals surface area contributed by atoms with E-state index in [-0.39, 0.29) is 22.7 Å². The molecular weight excluding hydrogens is 396 g/mol. The third-order valence-electron chi connectivity index (χ3n) is 6.64. The van der Waals surface area contributed by atoms with E-state index >= 15 is 0 Å². The van der Waals surface area contributed by atoms with Gasteiger partial charge in [-0.1, -0.05) is 74.5 Å². The van der Waals surface area contributed by atoms with Gasteiger partial charge in [-0.2, -0.15) is 0 Å². The monoisotopic (exact) mass is 424 g/mol. The summed E-state index contributed by atoms with van der Waals surface area (Å²) in [4.78, 5) is 0. The zero-order valence-electron chi connectivity index (χ0n) is 18.6. The Morgan fingerprint density at radius 1 is 0.438 bits per heavy atom. The smallest absolute Gasteiger partial charge is 0.115 e. The quantitative estimate of drug-likeness (QED) is 0.321. The highest BCUT2D eigenvalue weighted by atomic mass is 16.3. The van der Waals surface area contributed by atoms with Gasteiger partial charge in [0, 0.05) is 10.8 Å². The summed E-state index contributed by atoms with van der Waals surface area (Å²) in [5.41, 5.74) is 4.70. The molecule has 0 aliphatic rings. The number of hydrogen-bond acceptors (Lipinski definition) is 3. The van der Waals surface area contributed by atoms with Crippen LogP contribution >= 0.6 is 0 Å². The number of phenols is 3. The second kappa shape index (κ2) is 8.08. The Morgan fingerprint density at radius 3 is 1.25 bits per heavy atom. The molecule has 0 saturated carbocycles. The molecule has 0 aromatic heterocycles. The maximum atomic E-state index is 9.85. The molecule has 3 heteroatoms. The van der Waals surface area contributed by atoms with Crippen LogP contribution in [0.5, 0.6) is 17.2 Å². The molecule has 162 valence electrons. The average molecular weight is 425 g/mol. The van der Waals surface area contributed by atoms with Gasteiger partial charge in [0.2, 0.25) is 0 Å². The van der Waals surface area contributed by atoms with Gasteiger partial charge in [0.25, 0.3) is 0 Å². The van der Waals surface area contributed by atoms with E-state index in [1.807, 2.05) is 36.4 Å². The first kappa shape index (κ1) is 21.5. The topological polar surface area (TPSA) is 60.7 Å². The highest BCUT2D eigenvalue weighted by Crippen LogP contribution is 2.42. The van der Waals surface area contributed by atoms with E-state index in [1.165, 1.54) is 0 Å². The predicted octanol–water partition coefficient (Wildman–Crippen LogP) is 6.48. The Balaban J connectivity index is 1.88. The molecular formula is C29H28O3. The summed E-state index contributed by atoms with van der Waals surface area (Å²) in [6, 6.07) is 30.5. The summed E-state index contributed by atoms with van der Waals surface area (Å²) < 4.78 is 0. The van der Waals surface area contributed by atoms with Crippen LogP contribution in [0.3, 0.4) is 0 Å². The first-order valence-electron chi connectivity index (χ1n) is 10.7. The van der Waals surface area contributed by atoms with Crippen molar-refractivity contribution in [3.05, 3.63) is 125 Å². The maximum absolute atomic E-state index is 9.85. The molecule has 0 fully saturated rings. The molecule has 0 bridgehead atoms. The SMILES string of the molecule is CC(C)(c1ccc(O)cc1)c1cccc(C(C)(c2ccc(O)cc2)c2ccc(O)cc2)c1. The second-order valence-corrected chi connectivity index (χ2v) is 8.97. The van der Waals surface area contributed by atoms with Crippen LogP contribution in [0.1, 0.15) is 48.6 Å². The zero-order chi connectivity index (χ0) is 22.9. The molecule has 0 aliphatic carbocycles. The van der Waals surface area contributed by atoms with Crippen molar-refractivity contribution in [3.8, 4) is 17.2 Å². The molecule has 0 amide bonds. The van der Waals surface area contributed by atoms with Gasteiger partial charge < -0.3 is 15.3 Å². The van der Waals surface area contributed by atoms with E-state index < -0.39 is 5.41 Å². The average Bonchev–Trinajstić information content (AvgIpc) is 2.80. The minimum Gasteiger partial charge on any atom is -0.508 e. The van der Waals surface area contributed by atoms with Crippen LogP contribution in [0.4, 0.5) is 0 Å². The highest BCUT2D eigenvalue weighted by Gasteiger charge is 2.33. The maximum Gasteiger partial charge on any atom is 0.115 e. The van der Waals surface area contributed by atoms with Crippen molar-refractivity contribution in [1.82, 2.24) is 0 Å². The van der Waals surface area contributed by atoms with Crippen molar-refractivity contribution in [1.29, 1.82) is 0 Å². The summed E-state index contributed by atoms with van der Waals surface area (Å²) in [5, 5.41) is 29.4. The molecule has 0 radical (unpaired) electrons. The van der Waals surface area contributed by atoms with Gasteiger partial charge in [-0.3, -0.25) is 0 Å². The molecule has 0 spiro atoms. The molecule has 0 saturated heterocycles. The van der Waals surface area contributed by atoms with Crippen molar-refractivity contribution in [3.63, 3.8) is 0 Å². The molecule has 4 aromatic carbocycles. The lowest BCUT2D eigenvalue weighted by Gasteiger charge is -2.34. The molecule has 0 aliphatic heterocycles. The molecule has 4 aromatic rings. The molecule has 4 rings (SSSR count). The number of phenolic OH excluding ortho intramolecular Hbond substituents is 3. The van der Waals surface area contributed by atoms with E-state index in [0.717, 1.165) is 27.8 Å². The van der Waals surface area contributed by atoms with Crippen LogP contribution in [-0.4, -0.2) is 15.3 Å². The van der Waals surface area contributed by atoms with Crippen LogP contribution in [0.25, 0.3) is 0 Å². The van der Waals surface area contributed by atoms with E-state index in [1.54, 1.807) is 36.4 Å². The summed E-state index contributed by atoms with van der Waals surface area (Å²) in [5.74, 6) is 0.707. The Bertz CT molecular complexity index is 1160. The van der Waals surface area contributed by atoms with E-state index in [4.69, 9.17) is 0 Å². The lowest BCUT2D eigenvalue weighted by Crippen LogP contribution is -2.27. The number of rotatable bonds is 5. The van der Waals surface area contributed by atoms with Gasteiger partial charge >= 0.3 is 0 Å². The summed E-state index contributed by atoms with van der Waals surface area (Å²) in [7, 11) is 0. The first-order chi connectivity index (χ1) is 15.2. The van der Waals surface area contributed by atoms with Crippen LogP contribution in [0.15, 0.2) is 97.1 Å². The van der Waals surface area contributed by atoms with Crippen molar-refractivity contribution >= 4 is 0 Å². The summed E-state index contributed by atoms with van der Waals surface area (Å²) in [6.07, 6.45) is 0. The lowest BCUT2D eigenvalue weighted by atomic mass is 9.69. The lowest BCUT2D eigenvalue weighted by molar-refractivity contribution is 0.473. The Hall–Kier alpha value is -3.72. The van der Waals surface area contributed by atoms with Crippen molar-refractivity contribution in [2.75, 3.05) is 0 Å². The molecule has 0 atom stereocenters. The fourth-order valence-corrected chi connectivity index (χ4v) is 4.35. The second-order valence-electron chi connectivity index (χ2n) is 8.97. The molecule has 0 unspecified atom stereocenters. The number of hydrogen-bond donors (Lipinski definition) is 3. The fraction of sp³-hybridized carbons (Fsp3) is 0.172. The number of benzene rings is 4. The van der Waals surface area contributed by atoms with Gasteiger partial charge in [0.15, 0.2) is 0 Å². The summed E-state index contributed by atoms with van der Waals surface area (Å²) >= 11 is 0. The van der Waals surface area contributed by atoms with Gasteiger partial charge in [-0.25, -0.2) is 0 Å². The van der Waals surface area contributed by atoms with Gasteiger partial charge in [0.05, 0.1) is 0 Å². The van der Waals surface area contributed by atoms with Gasteiger partial charge in [-0.05, 0) is 71.1 Å². The number of aromatic hydroxyl groups is 3. The highest BCUT2D eigenvalue weighted by molar-refractivity contribution is 5.53. The standard InChI is InChI=1S/C29H28O3/c1-28(2,20-7-13-25(30)14-8-20)23-5-4-6-24(19-23)29(3,21-9-15-26(31)16-10-21)22-11-17-27(32)18-12-22/h4-19,30-32H,1-3H3. The zero-order valence-corrected chi connectivity index (χ0v) is 18.6. The normalized spacial score (nSPS) is 12.0. The van der Waals surface area contributed by atoms with Gasteiger partial charge in [-0.15, -0.1) is 0 Å². The predicted molar refractivity (Wildman–Crippen MR) is 128 cm³/mol. The van der Waals surface area contributed by atoms with Crippen LogP contribution < -0.4 is 0 Å². The Labute approximate surface area is 189 Å². The van der Waals surface area contributed by atoms with Crippen LogP contribution in [0.2, 0.25) is 0 Å². The van der Waals surface area contributed by atoms with Crippen molar-refractivity contribution < 1.29 is 15.3 Å². The summed E-state index contributed by atoms with van der Waals surface area (Å²) in [6.45, 7) is 6.52. The third-order valence-corrected chi connectivity index (χ3v) is 6.64. The molecule has 0 heterocycles. The van der Waals surface area contributed by atoms with Crippen molar-refractivity contribution in [2.45, 2.75) is 31.6 Å². The Kier molecular flexibility index (Phi) is 5.43. The van der Waals surface area contributed by atoms with E-state index in [0.29, 0.717) is 0 Å². The van der Waals surface area contributed by atoms with Crippen LogP contribution in [0, 0.1) is 0 Å². The van der Waals surface area contributed by atoms with Crippen molar-refractivity contribution in [2.24, 2.45) is 0 Å². The molecule has 3 nitrogen and oxygen atoms in total. The molecule has 32 heavy (non-hydrogen) atoms. The van der Waals surface area contributed by atoms with Crippen LogP contribution in [-0.2, 0) is 10.8 Å². The van der Waals surface area contributed by atoms with E-state index in [2.05, 4.69) is 45.0 Å². The molecule has 3 N–H and O–H groups in total. The largest absolute Gasteiger partial charge is 0.508 e.